The van der Waals surface area contributed by atoms with Gasteiger partial charge in [-0.3, -0.25) is 4.79 Å². The molecular formula is C24H20FN5O3. The van der Waals surface area contributed by atoms with Crippen LogP contribution in [0.1, 0.15) is 18.5 Å². The fraction of sp³-hybridized carbons (Fsp3) is 0.167. The van der Waals surface area contributed by atoms with Crippen LogP contribution in [0.5, 0.6) is 5.75 Å². The number of para-hydroxylation sites is 2. The van der Waals surface area contributed by atoms with Crippen molar-refractivity contribution in [2.24, 2.45) is 10.9 Å². The van der Waals surface area contributed by atoms with Gasteiger partial charge in [-0.05, 0) is 37.3 Å². The normalized spacial score (nSPS) is 17.2. The first-order valence-corrected chi connectivity index (χ1v) is 10.3. The van der Waals surface area contributed by atoms with Gasteiger partial charge in [0.1, 0.15) is 23.5 Å². The number of aliphatic imine (C=N–C) groups is 1. The Bertz CT molecular complexity index is 1350. The van der Waals surface area contributed by atoms with Crippen LogP contribution < -0.4 is 10.1 Å². The number of carbonyl (C=O) groups excluding carboxylic acids is 1. The van der Waals surface area contributed by atoms with Gasteiger partial charge in [0.15, 0.2) is 5.76 Å². The summed E-state index contributed by atoms with van der Waals surface area (Å²) >= 11 is 0. The SMILES string of the molecule is COc1ccccc1NC(=O)C1C(C)=Nc2nc(-c3ccco3)nn2C1c1ccccc1F. The Kier molecular flexibility index (Phi) is 5.21. The zero-order valence-electron chi connectivity index (χ0n) is 17.9. The Morgan fingerprint density at radius 1 is 1.12 bits per heavy atom. The summed E-state index contributed by atoms with van der Waals surface area (Å²) in [7, 11) is 1.53. The van der Waals surface area contributed by atoms with Crippen LogP contribution in [-0.2, 0) is 4.79 Å². The predicted molar refractivity (Wildman–Crippen MR) is 120 cm³/mol. The van der Waals surface area contributed by atoms with E-state index in [-0.39, 0.29) is 11.9 Å². The van der Waals surface area contributed by atoms with Crippen molar-refractivity contribution in [2.75, 3.05) is 12.4 Å². The number of halogens is 1. The summed E-state index contributed by atoms with van der Waals surface area (Å²) in [6.07, 6.45) is 1.52. The number of rotatable bonds is 5. The van der Waals surface area contributed by atoms with Crippen LogP contribution in [0.4, 0.5) is 16.0 Å². The Morgan fingerprint density at radius 2 is 1.91 bits per heavy atom. The van der Waals surface area contributed by atoms with Crippen molar-refractivity contribution < 1.29 is 18.3 Å². The van der Waals surface area contributed by atoms with Gasteiger partial charge in [0.2, 0.25) is 17.7 Å². The molecule has 166 valence electrons. The van der Waals surface area contributed by atoms with E-state index < -0.39 is 17.8 Å². The maximum atomic E-state index is 15.0. The first kappa shape index (κ1) is 20.6. The van der Waals surface area contributed by atoms with Crippen LogP contribution in [-0.4, -0.2) is 33.5 Å². The highest BCUT2D eigenvalue weighted by molar-refractivity contribution is 6.10. The number of anilines is 1. The molecular weight excluding hydrogens is 425 g/mol. The van der Waals surface area contributed by atoms with Crippen molar-refractivity contribution in [1.29, 1.82) is 0 Å². The number of hydrogen-bond acceptors (Lipinski definition) is 6. The topological polar surface area (TPSA) is 94.5 Å². The minimum Gasteiger partial charge on any atom is -0.495 e. The number of aromatic nitrogens is 3. The number of fused-ring (bicyclic) bond motifs is 1. The van der Waals surface area contributed by atoms with Crippen LogP contribution in [0.25, 0.3) is 11.6 Å². The van der Waals surface area contributed by atoms with Crippen LogP contribution in [0.15, 0.2) is 76.3 Å². The van der Waals surface area contributed by atoms with Crippen molar-refractivity contribution in [1.82, 2.24) is 14.8 Å². The first-order valence-electron chi connectivity index (χ1n) is 10.3. The molecule has 0 fully saturated rings. The molecule has 8 nitrogen and oxygen atoms in total. The smallest absolute Gasteiger partial charge is 0.249 e. The van der Waals surface area contributed by atoms with Crippen LogP contribution in [0.3, 0.4) is 0 Å². The van der Waals surface area contributed by atoms with Crippen molar-refractivity contribution in [3.63, 3.8) is 0 Å². The van der Waals surface area contributed by atoms with Crippen LogP contribution in [0, 0.1) is 11.7 Å². The van der Waals surface area contributed by atoms with E-state index in [1.807, 2.05) is 6.07 Å². The van der Waals surface area contributed by atoms with E-state index in [2.05, 4.69) is 20.4 Å². The maximum Gasteiger partial charge on any atom is 0.249 e. The molecule has 1 N–H and O–H groups in total. The van der Waals surface area contributed by atoms with Gasteiger partial charge >= 0.3 is 0 Å². The molecule has 33 heavy (non-hydrogen) atoms. The number of amides is 1. The Morgan fingerprint density at radius 3 is 2.67 bits per heavy atom. The number of hydrogen-bond donors (Lipinski definition) is 1. The second-order valence-corrected chi connectivity index (χ2v) is 7.54. The molecule has 0 saturated carbocycles. The predicted octanol–water partition coefficient (Wildman–Crippen LogP) is 4.64. The summed E-state index contributed by atoms with van der Waals surface area (Å²) in [6.45, 7) is 1.73. The molecule has 2 atom stereocenters. The lowest BCUT2D eigenvalue weighted by Crippen LogP contribution is -2.39. The average molecular weight is 445 g/mol. The highest BCUT2D eigenvalue weighted by atomic mass is 19.1. The third kappa shape index (κ3) is 3.67. The van der Waals surface area contributed by atoms with Crippen molar-refractivity contribution in [3.05, 3.63) is 78.3 Å². The highest BCUT2D eigenvalue weighted by Crippen LogP contribution is 2.38. The number of furan rings is 1. The molecule has 1 amide bonds. The van der Waals surface area contributed by atoms with Crippen molar-refractivity contribution in [3.8, 4) is 17.3 Å². The fourth-order valence-electron chi connectivity index (χ4n) is 4.00. The van der Waals surface area contributed by atoms with Gasteiger partial charge in [-0.1, -0.05) is 30.3 Å². The summed E-state index contributed by atoms with van der Waals surface area (Å²) < 4.78 is 27.2. The van der Waals surface area contributed by atoms with Crippen molar-refractivity contribution in [2.45, 2.75) is 13.0 Å². The molecule has 5 rings (SSSR count). The van der Waals surface area contributed by atoms with Crippen LogP contribution >= 0.6 is 0 Å². The molecule has 1 aliphatic heterocycles. The lowest BCUT2D eigenvalue weighted by Gasteiger charge is -2.30. The molecule has 2 aromatic carbocycles. The van der Waals surface area contributed by atoms with Gasteiger partial charge in [0, 0.05) is 11.3 Å². The summed E-state index contributed by atoms with van der Waals surface area (Å²) in [6, 6.07) is 16.0. The molecule has 2 unspecified atom stereocenters. The molecule has 9 heteroatoms. The van der Waals surface area contributed by atoms with E-state index in [0.29, 0.717) is 34.3 Å². The molecule has 0 radical (unpaired) electrons. The first-order chi connectivity index (χ1) is 16.1. The third-order valence-corrected chi connectivity index (χ3v) is 5.53. The lowest BCUT2D eigenvalue weighted by atomic mass is 9.87. The molecule has 3 heterocycles. The average Bonchev–Trinajstić information content (AvgIpc) is 3.49. The zero-order valence-corrected chi connectivity index (χ0v) is 17.9. The maximum absolute atomic E-state index is 15.0. The number of benzene rings is 2. The summed E-state index contributed by atoms with van der Waals surface area (Å²) in [5, 5.41) is 7.43. The zero-order chi connectivity index (χ0) is 22.9. The molecule has 0 aliphatic carbocycles. The number of nitrogens with one attached hydrogen (secondary N) is 1. The van der Waals surface area contributed by atoms with Gasteiger partial charge in [0.05, 0.1) is 19.1 Å². The molecule has 1 aliphatic rings. The van der Waals surface area contributed by atoms with E-state index >= 15 is 0 Å². The molecule has 0 saturated heterocycles. The standard InChI is InChI=1S/C24H20FN5O3/c1-14-20(23(31)27-17-10-5-6-11-18(17)32-2)21(15-8-3-4-9-16(15)25)30-24(26-14)28-22(29-30)19-12-7-13-33-19/h3-13,20-21H,1-2H3,(H,27,31). The van der Waals surface area contributed by atoms with E-state index in [1.165, 1.54) is 24.1 Å². The Balaban J connectivity index is 1.61. The number of nitrogens with zero attached hydrogens (tertiary/aromatic N) is 4. The van der Waals surface area contributed by atoms with Gasteiger partial charge in [-0.25, -0.2) is 14.1 Å². The Hall–Kier alpha value is -4.27. The minimum atomic E-state index is -0.842. The van der Waals surface area contributed by atoms with Gasteiger partial charge in [-0.15, -0.1) is 5.10 Å². The fourth-order valence-corrected chi connectivity index (χ4v) is 4.00. The van der Waals surface area contributed by atoms with Gasteiger partial charge in [-0.2, -0.15) is 4.98 Å². The lowest BCUT2D eigenvalue weighted by molar-refractivity contribution is -0.118. The van der Waals surface area contributed by atoms with E-state index in [1.54, 1.807) is 55.5 Å². The number of carbonyl (C=O) groups is 1. The van der Waals surface area contributed by atoms with Crippen molar-refractivity contribution >= 4 is 23.3 Å². The second kappa shape index (κ2) is 8.34. The van der Waals surface area contributed by atoms with E-state index in [0.717, 1.165) is 0 Å². The molecule has 2 aromatic heterocycles. The molecule has 4 aromatic rings. The van der Waals surface area contributed by atoms with E-state index in [9.17, 15) is 9.18 Å². The summed E-state index contributed by atoms with van der Waals surface area (Å²) in [4.78, 5) is 22.5. The number of methoxy groups -OCH3 is 1. The van der Waals surface area contributed by atoms with E-state index in [4.69, 9.17) is 9.15 Å². The van der Waals surface area contributed by atoms with Gasteiger partial charge in [0.25, 0.3) is 0 Å². The largest absolute Gasteiger partial charge is 0.495 e. The summed E-state index contributed by atoms with van der Waals surface area (Å²) in [5.74, 6) is -0.118. The van der Waals surface area contributed by atoms with Gasteiger partial charge < -0.3 is 14.5 Å². The third-order valence-electron chi connectivity index (χ3n) is 5.53. The minimum absolute atomic E-state index is 0.272. The molecule has 0 spiro atoms. The summed E-state index contributed by atoms with van der Waals surface area (Å²) in [5.41, 5.74) is 1.30. The van der Waals surface area contributed by atoms with Crippen LogP contribution in [0.2, 0.25) is 0 Å². The molecule has 0 bridgehead atoms. The Labute approximate surface area is 188 Å². The quantitative estimate of drug-likeness (QED) is 0.483. The highest BCUT2D eigenvalue weighted by Gasteiger charge is 2.41. The number of ether oxygens (including phenoxy) is 1. The second-order valence-electron chi connectivity index (χ2n) is 7.54. The monoisotopic (exact) mass is 445 g/mol.